The van der Waals surface area contributed by atoms with E-state index in [-0.39, 0.29) is 36.3 Å². The number of nitrogens with zero attached hydrogens (tertiary/aromatic N) is 2. The number of ether oxygens (including phenoxy) is 1. The lowest BCUT2D eigenvalue weighted by Gasteiger charge is -2.21. The van der Waals surface area contributed by atoms with Crippen molar-refractivity contribution in [2.75, 3.05) is 11.9 Å². The summed E-state index contributed by atoms with van der Waals surface area (Å²) in [6.07, 6.45) is 0.0793. The third-order valence-corrected chi connectivity index (χ3v) is 3.99. The van der Waals surface area contributed by atoms with Crippen LogP contribution in [0.5, 0.6) is 5.75 Å². The second-order valence-electron chi connectivity index (χ2n) is 8.56. The minimum absolute atomic E-state index is 0.0248. The number of carbonyl (C=O) groups is 1. The first kappa shape index (κ1) is 24.6. The first-order valence-corrected chi connectivity index (χ1v) is 10.4. The summed E-state index contributed by atoms with van der Waals surface area (Å²) in [4.78, 5) is 27.1. The van der Waals surface area contributed by atoms with Gasteiger partial charge in [-0.2, -0.15) is 0 Å². The van der Waals surface area contributed by atoms with E-state index in [1.165, 1.54) is 12.1 Å². The zero-order valence-electron chi connectivity index (χ0n) is 19.1. The highest BCUT2D eigenvalue weighted by atomic mass is 16.6. The first-order chi connectivity index (χ1) is 15.0. The number of anilines is 1. The van der Waals surface area contributed by atoms with Crippen molar-refractivity contribution in [1.82, 2.24) is 10.6 Å². The van der Waals surface area contributed by atoms with Gasteiger partial charge in [-0.25, -0.2) is 4.99 Å². The van der Waals surface area contributed by atoms with Gasteiger partial charge in [0.15, 0.2) is 5.96 Å². The highest BCUT2D eigenvalue weighted by Gasteiger charge is 2.14. The number of amides is 1. The zero-order chi connectivity index (χ0) is 23.7. The number of nitrogens with one attached hydrogen (secondary N) is 3. The molecule has 0 fully saturated rings. The maximum atomic E-state index is 12.2. The van der Waals surface area contributed by atoms with Crippen molar-refractivity contribution in [3.63, 3.8) is 0 Å². The fraction of sp³-hybridized carbons (Fsp3) is 0.391. The van der Waals surface area contributed by atoms with E-state index in [9.17, 15) is 14.9 Å². The average Bonchev–Trinajstić information content (AvgIpc) is 2.70. The van der Waals surface area contributed by atoms with E-state index in [1.807, 2.05) is 58.9 Å². The Kier molecular flexibility index (Phi) is 8.57. The van der Waals surface area contributed by atoms with Crippen molar-refractivity contribution >= 4 is 23.2 Å². The van der Waals surface area contributed by atoms with Crippen molar-refractivity contribution < 1.29 is 14.5 Å². The van der Waals surface area contributed by atoms with Crippen LogP contribution in [-0.4, -0.2) is 35.0 Å². The molecule has 2 aromatic carbocycles. The predicted molar refractivity (Wildman–Crippen MR) is 126 cm³/mol. The van der Waals surface area contributed by atoms with E-state index in [2.05, 4.69) is 20.9 Å². The SMILES string of the molecule is CC(C)Oc1ccc(NC(=NCc2ccc([N+](=O)[O-])cc2)NCC(=O)NC(C)(C)C)cc1. The molecule has 0 aliphatic rings. The summed E-state index contributed by atoms with van der Waals surface area (Å²) in [6, 6.07) is 13.6. The predicted octanol–water partition coefficient (Wildman–Crippen LogP) is 3.85. The molecule has 0 spiro atoms. The Morgan fingerprint density at radius 1 is 1.09 bits per heavy atom. The van der Waals surface area contributed by atoms with Crippen LogP contribution in [0, 0.1) is 10.1 Å². The first-order valence-electron chi connectivity index (χ1n) is 10.4. The third kappa shape index (κ3) is 9.03. The lowest BCUT2D eigenvalue weighted by molar-refractivity contribution is -0.384. The molecule has 0 radical (unpaired) electrons. The number of hydrogen-bond donors (Lipinski definition) is 3. The minimum Gasteiger partial charge on any atom is -0.491 e. The van der Waals surface area contributed by atoms with Gasteiger partial charge in [-0.05, 0) is 64.4 Å². The standard InChI is InChI=1S/C23H31N5O4/c1-16(2)32-20-12-8-18(9-13-20)26-22(25-15-21(29)27-23(3,4)5)24-14-17-6-10-19(11-7-17)28(30)31/h6-13,16H,14-15H2,1-5H3,(H,27,29)(H2,24,25,26). The molecule has 2 rings (SSSR count). The summed E-state index contributed by atoms with van der Waals surface area (Å²) in [7, 11) is 0. The van der Waals surface area contributed by atoms with Crippen LogP contribution in [0.3, 0.4) is 0 Å². The molecule has 9 nitrogen and oxygen atoms in total. The van der Waals surface area contributed by atoms with E-state index in [0.717, 1.165) is 17.0 Å². The van der Waals surface area contributed by atoms with E-state index < -0.39 is 4.92 Å². The summed E-state index contributed by atoms with van der Waals surface area (Å²) in [6.45, 7) is 9.97. The van der Waals surface area contributed by atoms with Crippen LogP contribution >= 0.6 is 0 Å². The Hall–Kier alpha value is -3.62. The normalized spacial score (nSPS) is 11.8. The van der Waals surface area contributed by atoms with Gasteiger partial charge < -0.3 is 20.7 Å². The maximum Gasteiger partial charge on any atom is 0.269 e. The van der Waals surface area contributed by atoms with E-state index in [1.54, 1.807) is 12.1 Å². The quantitative estimate of drug-likeness (QED) is 0.248. The maximum absolute atomic E-state index is 12.2. The molecule has 1 amide bonds. The van der Waals surface area contributed by atoms with Gasteiger partial charge in [0, 0.05) is 23.4 Å². The highest BCUT2D eigenvalue weighted by molar-refractivity contribution is 5.96. The minimum atomic E-state index is -0.442. The molecule has 0 aromatic heterocycles. The monoisotopic (exact) mass is 441 g/mol. The van der Waals surface area contributed by atoms with Gasteiger partial charge in [0.05, 0.1) is 24.1 Å². The molecule has 0 unspecified atom stereocenters. The number of nitro groups is 1. The van der Waals surface area contributed by atoms with Crippen molar-refractivity contribution in [2.24, 2.45) is 4.99 Å². The summed E-state index contributed by atoms with van der Waals surface area (Å²) in [5, 5.41) is 19.9. The van der Waals surface area contributed by atoms with Crippen LogP contribution in [-0.2, 0) is 11.3 Å². The molecule has 0 bridgehead atoms. The number of carbonyl (C=O) groups excluding carboxylic acids is 1. The summed E-state index contributed by atoms with van der Waals surface area (Å²) in [5.41, 5.74) is 1.26. The number of aliphatic imine (C=N–C) groups is 1. The zero-order valence-corrected chi connectivity index (χ0v) is 19.1. The van der Waals surface area contributed by atoms with Crippen LogP contribution in [0.2, 0.25) is 0 Å². The Morgan fingerprint density at radius 3 is 2.25 bits per heavy atom. The second kappa shape index (κ2) is 11.1. The Balaban J connectivity index is 2.11. The molecule has 0 atom stereocenters. The number of rotatable bonds is 8. The van der Waals surface area contributed by atoms with Gasteiger partial charge >= 0.3 is 0 Å². The molecular formula is C23H31N5O4. The third-order valence-electron chi connectivity index (χ3n) is 3.99. The summed E-state index contributed by atoms with van der Waals surface area (Å²) < 4.78 is 5.66. The molecule has 0 aliphatic carbocycles. The number of non-ortho nitro benzene ring substituents is 1. The van der Waals surface area contributed by atoms with Crippen LogP contribution in [0.4, 0.5) is 11.4 Å². The molecule has 3 N–H and O–H groups in total. The Bertz CT molecular complexity index is 932. The summed E-state index contributed by atoms with van der Waals surface area (Å²) in [5.74, 6) is 1.00. The van der Waals surface area contributed by atoms with Crippen LogP contribution < -0.4 is 20.7 Å². The average molecular weight is 442 g/mol. The molecule has 2 aromatic rings. The molecule has 0 saturated carbocycles. The topological polar surface area (TPSA) is 118 Å². The van der Waals surface area contributed by atoms with Gasteiger partial charge in [-0.1, -0.05) is 12.1 Å². The lowest BCUT2D eigenvalue weighted by Crippen LogP contribution is -2.46. The van der Waals surface area contributed by atoms with Crippen LogP contribution in [0.25, 0.3) is 0 Å². The Labute approximate surface area is 188 Å². The number of nitro benzene ring substituents is 1. The van der Waals surface area contributed by atoms with Gasteiger partial charge in [-0.3, -0.25) is 14.9 Å². The van der Waals surface area contributed by atoms with Crippen molar-refractivity contribution in [3.8, 4) is 5.75 Å². The van der Waals surface area contributed by atoms with Gasteiger partial charge in [0.1, 0.15) is 5.75 Å². The fourth-order valence-corrected chi connectivity index (χ4v) is 2.69. The second-order valence-corrected chi connectivity index (χ2v) is 8.56. The number of guanidine groups is 1. The van der Waals surface area contributed by atoms with E-state index >= 15 is 0 Å². The Morgan fingerprint density at radius 2 is 1.72 bits per heavy atom. The van der Waals surface area contributed by atoms with Crippen LogP contribution in [0.15, 0.2) is 53.5 Å². The van der Waals surface area contributed by atoms with Gasteiger partial charge in [0.25, 0.3) is 5.69 Å². The fourth-order valence-electron chi connectivity index (χ4n) is 2.69. The molecule has 32 heavy (non-hydrogen) atoms. The smallest absolute Gasteiger partial charge is 0.269 e. The molecular weight excluding hydrogens is 410 g/mol. The number of benzene rings is 2. The molecule has 0 aliphatic heterocycles. The molecule has 0 heterocycles. The molecule has 9 heteroatoms. The molecule has 0 saturated heterocycles. The van der Waals surface area contributed by atoms with Crippen molar-refractivity contribution in [2.45, 2.75) is 52.8 Å². The van der Waals surface area contributed by atoms with Gasteiger partial charge in [-0.15, -0.1) is 0 Å². The largest absolute Gasteiger partial charge is 0.491 e. The van der Waals surface area contributed by atoms with Crippen molar-refractivity contribution in [3.05, 3.63) is 64.2 Å². The summed E-state index contributed by atoms with van der Waals surface area (Å²) >= 11 is 0. The highest BCUT2D eigenvalue weighted by Crippen LogP contribution is 2.17. The van der Waals surface area contributed by atoms with E-state index in [4.69, 9.17) is 4.74 Å². The van der Waals surface area contributed by atoms with Crippen molar-refractivity contribution in [1.29, 1.82) is 0 Å². The van der Waals surface area contributed by atoms with Gasteiger partial charge in [0.2, 0.25) is 5.91 Å². The van der Waals surface area contributed by atoms with Crippen LogP contribution in [0.1, 0.15) is 40.2 Å². The lowest BCUT2D eigenvalue weighted by atomic mass is 10.1. The van der Waals surface area contributed by atoms with E-state index in [0.29, 0.717) is 5.96 Å². The molecule has 172 valence electrons. The number of hydrogen-bond acceptors (Lipinski definition) is 5.